The molecule has 0 saturated carbocycles. The lowest BCUT2D eigenvalue weighted by molar-refractivity contribution is 0.824. The molecule has 0 aromatic heterocycles. The van der Waals surface area contributed by atoms with Gasteiger partial charge in [0, 0.05) is 0 Å². The smallest absolute Gasteiger partial charge is 0.255 e. The molecule has 1 nitrogen and oxygen atoms in total. The second kappa shape index (κ2) is 7.49. The monoisotopic (exact) mass is 132 g/mol. The first kappa shape index (κ1) is 11.3. The molecule has 0 unspecified atom stereocenters. The van der Waals surface area contributed by atoms with Crippen LogP contribution in [-0.4, -0.2) is 19.6 Å². The van der Waals surface area contributed by atoms with E-state index in [1.54, 1.807) is 0 Å². The summed E-state index contributed by atoms with van der Waals surface area (Å²) in [6.45, 7) is 2.26. The lowest BCUT2D eigenvalue weighted by atomic mass is 10.4. The first-order chi connectivity index (χ1) is 3.27. The zero-order valence-corrected chi connectivity index (χ0v) is 7.35. The molecule has 0 aliphatic rings. The van der Waals surface area contributed by atoms with E-state index < -0.39 is 0 Å². The molecule has 2 heteroatoms. The standard InChI is InChI=1S/C4H9.2CH3.Al.H2O/c1-3-4-2;;;;/h1,3-4H2,2H3;2*1H3;;1H2. The number of hydrogen-bond acceptors (Lipinski definition) is 0. The van der Waals surface area contributed by atoms with Crippen molar-refractivity contribution in [2.45, 2.75) is 36.6 Å². The van der Waals surface area contributed by atoms with Crippen LogP contribution in [0.25, 0.3) is 0 Å². The zero-order valence-electron chi connectivity index (χ0n) is 6.20. The van der Waals surface area contributed by atoms with Crippen molar-refractivity contribution in [3.05, 3.63) is 0 Å². The van der Waals surface area contributed by atoms with Crippen LogP contribution in [-0.2, 0) is 0 Å². The van der Waals surface area contributed by atoms with Gasteiger partial charge in [0.25, 0.3) is 14.1 Å². The minimum atomic E-state index is -0.188. The highest BCUT2D eigenvalue weighted by atomic mass is 27.2. The van der Waals surface area contributed by atoms with Gasteiger partial charge in [-0.2, -0.15) is 0 Å². The molecule has 50 valence electrons. The molecule has 8 heavy (non-hydrogen) atoms. The Morgan fingerprint density at radius 1 is 1.25 bits per heavy atom. The van der Waals surface area contributed by atoms with Crippen LogP contribution < -0.4 is 0 Å². The van der Waals surface area contributed by atoms with Crippen LogP contribution in [0, 0.1) is 0 Å². The summed E-state index contributed by atoms with van der Waals surface area (Å²) in [5.74, 6) is 4.82. The summed E-state index contributed by atoms with van der Waals surface area (Å²) in [5.41, 5.74) is 0. The quantitative estimate of drug-likeness (QED) is 0.523. The highest BCUT2D eigenvalue weighted by Crippen LogP contribution is 1.98. The fourth-order valence-electron chi connectivity index (χ4n) is 0.612. The maximum absolute atomic E-state index is 2.41. The van der Waals surface area contributed by atoms with E-state index in [1.165, 1.54) is 18.1 Å². The van der Waals surface area contributed by atoms with Crippen molar-refractivity contribution in [1.82, 2.24) is 0 Å². The van der Waals surface area contributed by atoms with Gasteiger partial charge in [0.1, 0.15) is 0 Å². The Labute approximate surface area is 56.8 Å². The van der Waals surface area contributed by atoms with Crippen molar-refractivity contribution in [2.75, 3.05) is 0 Å². The van der Waals surface area contributed by atoms with Crippen molar-refractivity contribution < 1.29 is 5.48 Å². The lowest BCUT2D eigenvalue weighted by Gasteiger charge is -1.92. The molecular weight excluding hydrogens is 115 g/mol. The lowest BCUT2D eigenvalue weighted by Crippen LogP contribution is -1.96. The van der Waals surface area contributed by atoms with E-state index >= 15 is 0 Å². The molecule has 0 aromatic carbocycles. The van der Waals surface area contributed by atoms with Crippen LogP contribution in [0.15, 0.2) is 0 Å². The highest BCUT2D eigenvalue weighted by Gasteiger charge is 1.97. The van der Waals surface area contributed by atoms with Crippen molar-refractivity contribution in [3.63, 3.8) is 0 Å². The molecule has 0 bridgehead atoms. The Morgan fingerprint density at radius 2 is 1.75 bits per heavy atom. The maximum atomic E-state index is 2.41. The van der Waals surface area contributed by atoms with E-state index in [0.29, 0.717) is 0 Å². The summed E-state index contributed by atoms with van der Waals surface area (Å²) in [6.07, 6.45) is 2.84. The van der Waals surface area contributed by atoms with Gasteiger partial charge in [0.05, 0.1) is 0 Å². The average Bonchev–Trinajstić information content (AvgIpc) is 1.61. The molecule has 0 saturated heterocycles. The van der Waals surface area contributed by atoms with Gasteiger partial charge < -0.3 is 5.48 Å². The minimum Gasteiger partial charge on any atom is -0.412 e. The molecule has 0 rings (SSSR count). The highest BCUT2D eigenvalue weighted by molar-refractivity contribution is 6.55. The topological polar surface area (TPSA) is 31.5 Å². The largest absolute Gasteiger partial charge is 0.412 e. The summed E-state index contributed by atoms with van der Waals surface area (Å²) < 4.78 is 0. The Bertz CT molecular complexity index is 37.5. The second-order valence-corrected chi connectivity index (χ2v) is 5.90. The third-order valence-electron chi connectivity index (χ3n) is 1.14. The third kappa shape index (κ3) is 9.70. The maximum Gasteiger partial charge on any atom is 0.255 e. The van der Waals surface area contributed by atoms with Crippen molar-refractivity contribution in [3.8, 4) is 0 Å². The predicted molar refractivity (Wildman–Crippen MR) is 40.8 cm³/mol. The molecule has 0 heterocycles. The first-order valence-electron chi connectivity index (χ1n) is 3.27. The van der Waals surface area contributed by atoms with Gasteiger partial charge in [-0.15, -0.1) is 11.6 Å². The van der Waals surface area contributed by atoms with Crippen LogP contribution in [0.4, 0.5) is 0 Å². The average molecular weight is 132 g/mol. The normalized spacial score (nSPS) is 7.88. The third-order valence-corrected chi connectivity index (χ3v) is 2.70. The molecule has 0 fully saturated rings. The SMILES string of the molecule is CCC[CH2][Al]([CH3])[CH3].O. The van der Waals surface area contributed by atoms with E-state index in [2.05, 4.69) is 18.5 Å². The van der Waals surface area contributed by atoms with Crippen molar-refractivity contribution in [2.24, 2.45) is 0 Å². The van der Waals surface area contributed by atoms with E-state index in [9.17, 15) is 0 Å². The van der Waals surface area contributed by atoms with Gasteiger partial charge in [0.2, 0.25) is 0 Å². The summed E-state index contributed by atoms with van der Waals surface area (Å²) in [6, 6.07) is 0. The van der Waals surface area contributed by atoms with Crippen molar-refractivity contribution in [1.29, 1.82) is 0 Å². The van der Waals surface area contributed by atoms with Gasteiger partial charge in [-0.05, 0) is 0 Å². The Balaban J connectivity index is 0. The Kier molecular flexibility index (Phi) is 10.6. The van der Waals surface area contributed by atoms with Crippen molar-refractivity contribution >= 4 is 14.1 Å². The van der Waals surface area contributed by atoms with Crippen LogP contribution in [0.2, 0.25) is 16.9 Å². The van der Waals surface area contributed by atoms with Gasteiger partial charge in [-0.1, -0.05) is 25.0 Å². The van der Waals surface area contributed by atoms with Crippen LogP contribution in [0.1, 0.15) is 19.8 Å². The summed E-state index contributed by atoms with van der Waals surface area (Å²) >= 11 is -0.188. The van der Waals surface area contributed by atoms with E-state index in [-0.39, 0.29) is 19.6 Å². The minimum absolute atomic E-state index is 0. The Morgan fingerprint density at radius 3 is 1.88 bits per heavy atom. The molecule has 0 aromatic rings. The molecule has 2 N–H and O–H groups in total. The molecule has 0 aliphatic heterocycles. The van der Waals surface area contributed by atoms with E-state index in [0.717, 1.165) is 0 Å². The molecular formula is C6H17AlO. The fraction of sp³-hybridized carbons (Fsp3) is 1.00. The Hall–Kier alpha value is 0.492. The summed E-state index contributed by atoms with van der Waals surface area (Å²) in [7, 11) is 0. The summed E-state index contributed by atoms with van der Waals surface area (Å²) in [4.78, 5) is 0. The van der Waals surface area contributed by atoms with Crippen LogP contribution in [0.5, 0.6) is 0 Å². The molecule has 0 amide bonds. The molecule has 0 spiro atoms. The van der Waals surface area contributed by atoms with Crippen LogP contribution >= 0.6 is 0 Å². The van der Waals surface area contributed by atoms with Crippen LogP contribution in [0.3, 0.4) is 0 Å². The van der Waals surface area contributed by atoms with Gasteiger partial charge in [-0.25, -0.2) is 0 Å². The van der Waals surface area contributed by atoms with Gasteiger partial charge in [0.15, 0.2) is 0 Å². The zero-order chi connectivity index (χ0) is 5.70. The number of unbranched alkanes of at least 4 members (excludes halogenated alkanes) is 1. The first-order valence-corrected chi connectivity index (χ1v) is 6.40. The number of rotatable bonds is 3. The number of hydrogen-bond donors (Lipinski definition) is 0. The molecule has 0 atom stereocenters. The van der Waals surface area contributed by atoms with E-state index in [4.69, 9.17) is 0 Å². The molecule has 0 aliphatic carbocycles. The van der Waals surface area contributed by atoms with E-state index in [1.807, 2.05) is 0 Å². The fourth-order valence-corrected chi connectivity index (χ4v) is 1.84. The second-order valence-electron chi connectivity index (χ2n) is 2.54. The van der Waals surface area contributed by atoms with Gasteiger partial charge >= 0.3 is 0 Å². The summed E-state index contributed by atoms with van der Waals surface area (Å²) in [5, 5.41) is 1.54. The predicted octanol–water partition coefficient (Wildman–Crippen LogP) is 1.72. The van der Waals surface area contributed by atoms with Gasteiger partial charge in [-0.3, -0.25) is 0 Å². The molecule has 0 radical (unpaired) electrons.